The number of alkyl halides is 3. The van der Waals surface area contributed by atoms with E-state index < -0.39 is 48.0 Å². The van der Waals surface area contributed by atoms with Crippen LogP contribution in [0.25, 0.3) is 0 Å². The molecular formula is C29H22F3N5O5S. The van der Waals surface area contributed by atoms with Crippen molar-refractivity contribution in [2.45, 2.75) is 18.8 Å². The number of halogens is 3. The number of hydrogen-bond acceptors (Lipinski definition) is 8. The SMILES string of the molecule is COc1ccc(NC(=O)[C@H](c2csnn2)N(Cc2ccc(C(F)(F)F)cc2)C(=O)CN2C(=O)c3ccccc3C2=O)cc1. The zero-order chi connectivity index (χ0) is 30.7. The third kappa shape index (κ3) is 6.23. The fraction of sp³-hybridized carbons (Fsp3) is 0.172. The first-order chi connectivity index (χ1) is 20.6. The summed E-state index contributed by atoms with van der Waals surface area (Å²) < 4.78 is 48.5. The lowest BCUT2D eigenvalue weighted by Crippen LogP contribution is -2.47. The molecule has 43 heavy (non-hydrogen) atoms. The molecule has 1 atom stereocenters. The number of fused-ring (bicyclic) bond motifs is 1. The van der Waals surface area contributed by atoms with Crippen LogP contribution in [-0.4, -0.2) is 56.7 Å². The molecule has 220 valence electrons. The van der Waals surface area contributed by atoms with Crippen molar-refractivity contribution in [1.82, 2.24) is 19.4 Å². The van der Waals surface area contributed by atoms with Crippen molar-refractivity contribution < 1.29 is 37.1 Å². The van der Waals surface area contributed by atoms with Gasteiger partial charge in [0, 0.05) is 17.6 Å². The molecular weight excluding hydrogens is 587 g/mol. The molecule has 0 spiro atoms. The van der Waals surface area contributed by atoms with E-state index in [-0.39, 0.29) is 28.9 Å². The van der Waals surface area contributed by atoms with Crippen LogP contribution < -0.4 is 10.1 Å². The first kappa shape index (κ1) is 29.4. The van der Waals surface area contributed by atoms with Crippen LogP contribution in [0.3, 0.4) is 0 Å². The highest BCUT2D eigenvalue weighted by Gasteiger charge is 2.40. The first-order valence-corrected chi connectivity index (χ1v) is 13.5. The molecule has 1 aliphatic heterocycles. The minimum absolute atomic E-state index is 0.0821. The molecule has 0 fully saturated rings. The molecule has 2 heterocycles. The summed E-state index contributed by atoms with van der Waals surface area (Å²) in [6.07, 6.45) is -4.58. The molecule has 0 unspecified atom stereocenters. The van der Waals surface area contributed by atoms with Crippen LogP contribution in [0.5, 0.6) is 5.75 Å². The minimum atomic E-state index is -4.58. The summed E-state index contributed by atoms with van der Waals surface area (Å²) in [5.41, 5.74) is 0.0749. The van der Waals surface area contributed by atoms with Gasteiger partial charge in [-0.1, -0.05) is 28.8 Å². The molecule has 5 rings (SSSR count). The quantitative estimate of drug-likeness (QED) is 0.276. The van der Waals surface area contributed by atoms with Crippen LogP contribution in [0.15, 0.2) is 78.2 Å². The van der Waals surface area contributed by atoms with E-state index in [0.29, 0.717) is 11.4 Å². The number of benzene rings is 3. The molecule has 1 aliphatic rings. The number of nitrogens with zero attached hydrogens (tertiary/aromatic N) is 4. The Labute approximate surface area is 246 Å². The standard InChI is InChI=1S/C29H22F3N5O5S/c1-42-20-12-10-19(11-13-20)33-26(39)25(23-16-43-35-34-23)36(14-17-6-8-18(9-7-17)29(30,31)32)24(38)15-37-27(40)21-4-2-3-5-22(21)28(37)41/h2-13,16,25H,14-15H2,1H3,(H,33,39)/t25-/m0/s1. The lowest BCUT2D eigenvalue weighted by atomic mass is 10.1. The van der Waals surface area contributed by atoms with E-state index in [1.807, 2.05) is 0 Å². The molecule has 4 amide bonds. The van der Waals surface area contributed by atoms with Gasteiger partial charge in [-0.05, 0) is 65.6 Å². The minimum Gasteiger partial charge on any atom is -0.497 e. The number of rotatable bonds is 9. The van der Waals surface area contributed by atoms with Crippen LogP contribution in [0.1, 0.15) is 43.6 Å². The van der Waals surface area contributed by atoms with Gasteiger partial charge in [0.15, 0.2) is 6.04 Å². The summed E-state index contributed by atoms with van der Waals surface area (Å²) in [4.78, 5) is 55.5. The third-order valence-corrected chi connectivity index (χ3v) is 7.22. The number of imide groups is 1. The molecule has 0 saturated carbocycles. The fourth-order valence-corrected chi connectivity index (χ4v) is 5.01. The maximum atomic E-state index is 13.9. The predicted molar refractivity (Wildman–Crippen MR) is 148 cm³/mol. The molecule has 1 aromatic heterocycles. The molecule has 0 saturated heterocycles. The van der Waals surface area contributed by atoms with Gasteiger partial charge in [-0.25, -0.2) is 0 Å². The van der Waals surface area contributed by atoms with Crippen molar-refractivity contribution in [3.05, 3.63) is 106 Å². The summed E-state index contributed by atoms with van der Waals surface area (Å²) in [5, 5.41) is 8.15. The zero-order valence-corrected chi connectivity index (χ0v) is 23.2. The van der Waals surface area contributed by atoms with Crippen LogP contribution >= 0.6 is 11.5 Å². The molecule has 0 bridgehead atoms. The average Bonchev–Trinajstić information content (AvgIpc) is 3.60. The Morgan fingerprint density at radius 3 is 2.14 bits per heavy atom. The van der Waals surface area contributed by atoms with Crippen LogP contribution in [0, 0.1) is 0 Å². The van der Waals surface area contributed by atoms with Gasteiger partial charge in [0.2, 0.25) is 5.91 Å². The number of amides is 4. The monoisotopic (exact) mass is 609 g/mol. The van der Waals surface area contributed by atoms with Gasteiger partial charge >= 0.3 is 6.18 Å². The normalized spacial score (nSPS) is 13.4. The van der Waals surface area contributed by atoms with Crippen molar-refractivity contribution >= 4 is 40.8 Å². The lowest BCUT2D eigenvalue weighted by Gasteiger charge is -2.31. The van der Waals surface area contributed by atoms with Crippen molar-refractivity contribution in [2.24, 2.45) is 0 Å². The summed E-state index contributed by atoms with van der Waals surface area (Å²) in [6.45, 7) is -1.07. The summed E-state index contributed by atoms with van der Waals surface area (Å²) in [5.74, 6) is -2.35. The Bertz CT molecular complexity index is 1630. The highest BCUT2D eigenvalue weighted by molar-refractivity contribution is 7.03. The zero-order valence-electron chi connectivity index (χ0n) is 22.4. The van der Waals surface area contributed by atoms with E-state index in [9.17, 15) is 32.3 Å². The van der Waals surface area contributed by atoms with E-state index in [2.05, 4.69) is 14.9 Å². The second-order valence-electron chi connectivity index (χ2n) is 9.41. The van der Waals surface area contributed by atoms with Gasteiger partial charge in [0.25, 0.3) is 17.7 Å². The molecule has 14 heteroatoms. The van der Waals surface area contributed by atoms with Crippen LogP contribution in [0.2, 0.25) is 0 Å². The number of anilines is 1. The fourth-order valence-electron chi connectivity index (χ4n) is 4.54. The average molecular weight is 610 g/mol. The maximum absolute atomic E-state index is 13.9. The number of hydrogen-bond donors (Lipinski definition) is 1. The Kier molecular flexibility index (Phi) is 8.21. The number of methoxy groups -OCH3 is 1. The van der Waals surface area contributed by atoms with Gasteiger partial charge in [-0.15, -0.1) is 5.10 Å². The van der Waals surface area contributed by atoms with E-state index in [0.717, 1.165) is 33.5 Å². The Morgan fingerprint density at radius 2 is 1.60 bits per heavy atom. The highest BCUT2D eigenvalue weighted by Crippen LogP contribution is 2.31. The van der Waals surface area contributed by atoms with Crippen molar-refractivity contribution in [3.8, 4) is 5.75 Å². The van der Waals surface area contributed by atoms with Crippen LogP contribution in [-0.2, 0) is 22.3 Å². The number of ether oxygens (including phenoxy) is 1. The predicted octanol–water partition coefficient (Wildman–Crippen LogP) is 4.57. The summed E-state index contributed by atoms with van der Waals surface area (Å²) in [7, 11) is 1.48. The van der Waals surface area contributed by atoms with E-state index in [4.69, 9.17) is 4.74 Å². The Morgan fingerprint density at radius 1 is 0.977 bits per heavy atom. The number of carbonyl (C=O) groups is 4. The Balaban J connectivity index is 1.49. The second kappa shape index (κ2) is 12.0. The maximum Gasteiger partial charge on any atom is 0.416 e. The Hall–Kier alpha value is -5.11. The third-order valence-electron chi connectivity index (χ3n) is 6.70. The molecule has 4 aromatic rings. The highest BCUT2D eigenvalue weighted by atomic mass is 32.1. The van der Waals surface area contributed by atoms with E-state index in [1.54, 1.807) is 36.4 Å². The number of aromatic nitrogens is 2. The molecule has 1 N–H and O–H groups in total. The molecule has 3 aromatic carbocycles. The summed E-state index contributed by atoms with van der Waals surface area (Å²) in [6, 6.07) is 15.1. The van der Waals surface area contributed by atoms with Gasteiger partial charge < -0.3 is 15.0 Å². The largest absolute Gasteiger partial charge is 0.497 e. The number of nitrogens with one attached hydrogen (secondary N) is 1. The second-order valence-corrected chi connectivity index (χ2v) is 10.0. The molecule has 10 nitrogen and oxygen atoms in total. The first-order valence-electron chi connectivity index (χ1n) is 12.7. The van der Waals surface area contributed by atoms with Crippen molar-refractivity contribution in [3.63, 3.8) is 0 Å². The lowest BCUT2D eigenvalue weighted by molar-refractivity contribution is -0.140. The van der Waals surface area contributed by atoms with Gasteiger partial charge in [0.1, 0.15) is 18.0 Å². The van der Waals surface area contributed by atoms with Crippen molar-refractivity contribution in [1.29, 1.82) is 0 Å². The number of carbonyl (C=O) groups excluding carboxylic acids is 4. The van der Waals surface area contributed by atoms with Gasteiger partial charge in [-0.2, -0.15) is 13.2 Å². The molecule has 0 aliphatic carbocycles. The van der Waals surface area contributed by atoms with Gasteiger partial charge in [-0.3, -0.25) is 24.1 Å². The smallest absolute Gasteiger partial charge is 0.416 e. The topological polar surface area (TPSA) is 122 Å². The van der Waals surface area contributed by atoms with E-state index in [1.165, 1.54) is 36.8 Å². The van der Waals surface area contributed by atoms with Crippen molar-refractivity contribution in [2.75, 3.05) is 19.0 Å². The molecule has 0 radical (unpaired) electrons. The summed E-state index contributed by atoms with van der Waals surface area (Å²) >= 11 is 0.923. The van der Waals surface area contributed by atoms with Gasteiger partial charge in [0.05, 0.1) is 23.8 Å². The van der Waals surface area contributed by atoms with Crippen LogP contribution in [0.4, 0.5) is 18.9 Å². The van der Waals surface area contributed by atoms with E-state index >= 15 is 0 Å².